The molecule has 1 atom stereocenters. The Balaban J connectivity index is 2.35. The van der Waals surface area contributed by atoms with Gasteiger partial charge in [-0.1, -0.05) is 13.0 Å². The number of fused-ring (bicyclic) bond motifs is 1. The van der Waals surface area contributed by atoms with Crippen LogP contribution in [0.15, 0.2) is 22.8 Å². The quantitative estimate of drug-likeness (QED) is 0.886. The third-order valence-corrected chi connectivity index (χ3v) is 2.79. The Kier molecular flexibility index (Phi) is 3.43. The number of furan rings is 1. The van der Waals surface area contributed by atoms with Gasteiger partial charge in [-0.05, 0) is 31.5 Å². The highest BCUT2D eigenvalue weighted by Gasteiger charge is 2.15. The lowest BCUT2D eigenvalue weighted by Gasteiger charge is -2.12. The van der Waals surface area contributed by atoms with Crippen molar-refractivity contribution in [1.82, 2.24) is 5.32 Å². The highest BCUT2D eigenvalue weighted by atomic mass is 19.1. The molecule has 0 bridgehead atoms. The molecule has 0 aliphatic carbocycles. The summed E-state index contributed by atoms with van der Waals surface area (Å²) in [6.45, 7) is 4.79. The van der Waals surface area contributed by atoms with E-state index >= 15 is 0 Å². The number of nitrogens with one attached hydrogen (secondary N) is 1. The van der Waals surface area contributed by atoms with E-state index in [1.807, 2.05) is 13.8 Å². The normalized spacial score (nSPS) is 13.2. The molecule has 92 valence electrons. The summed E-state index contributed by atoms with van der Waals surface area (Å²) in [6, 6.07) is 3.41. The summed E-state index contributed by atoms with van der Waals surface area (Å²) in [7, 11) is 0. The van der Waals surface area contributed by atoms with E-state index in [0.717, 1.165) is 12.8 Å². The van der Waals surface area contributed by atoms with Crippen LogP contribution in [0, 0.1) is 11.6 Å². The van der Waals surface area contributed by atoms with E-state index in [2.05, 4.69) is 5.32 Å². The molecule has 2 rings (SSSR count). The molecule has 0 fully saturated rings. The molecule has 1 aromatic heterocycles. The fourth-order valence-electron chi connectivity index (χ4n) is 2.00. The van der Waals surface area contributed by atoms with E-state index in [0.29, 0.717) is 12.0 Å². The lowest BCUT2D eigenvalue weighted by Crippen LogP contribution is -2.27. The topological polar surface area (TPSA) is 25.2 Å². The predicted molar refractivity (Wildman–Crippen MR) is 63.0 cm³/mol. The average molecular weight is 239 g/mol. The van der Waals surface area contributed by atoms with Gasteiger partial charge in [-0.3, -0.25) is 0 Å². The van der Waals surface area contributed by atoms with Crippen molar-refractivity contribution >= 4 is 11.0 Å². The average Bonchev–Trinajstić information content (AvgIpc) is 2.65. The second-order valence-electron chi connectivity index (χ2n) is 4.16. The van der Waals surface area contributed by atoms with E-state index in [1.54, 1.807) is 12.1 Å². The maximum Gasteiger partial charge on any atom is 0.172 e. The van der Waals surface area contributed by atoms with Crippen LogP contribution >= 0.6 is 0 Å². The fourth-order valence-corrected chi connectivity index (χ4v) is 2.00. The van der Waals surface area contributed by atoms with Crippen LogP contribution in [0.4, 0.5) is 8.78 Å². The van der Waals surface area contributed by atoms with Crippen LogP contribution in [0.25, 0.3) is 11.0 Å². The van der Waals surface area contributed by atoms with E-state index < -0.39 is 11.6 Å². The zero-order valence-corrected chi connectivity index (χ0v) is 9.89. The van der Waals surface area contributed by atoms with Crippen molar-refractivity contribution in [2.75, 3.05) is 6.54 Å². The van der Waals surface area contributed by atoms with Gasteiger partial charge >= 0.3 is 0 Å². The molecule has 2 aromatic rings. The molecule has 0 radical (unpaired) electrons. The second-order valence-corrected chi connectivity index (χ2v) is 4.16. The minimum Gasteiger partial charge on any atom is -0.461 e. The number of hydrogen-bond donors (Lipinski definition) is 1. The van der Waals surface area contributed by atoms with E-state index in [1.165, 1.54) is 0 Å². The Hall–Kier alpha value is -1.42. The van der Waals surface area contributed by atoms with Crippen molar-refractivity contribution < 1.29 is 13.2 Å². The summed E-state index contributed by atoms with van der Waals surface area (Å²) in [5.74, 6) is -1.16. The molecule has 0 saturated carbocycles. The van der Waals surface area contributed by atoms with Crippen molar-refractivity contribution in [3.8, 4) is 0 Å². The van der Waals surface area contributed by atoms with Crippen molar-refractivity contribution in [2.45, 2.75) is 26.3 Å². The molecule has 1 heterocycles. The van der Waals surface area contributed by atoms with Crippen molar-refractivity contribution in [1.29, 1.82) is 0 Å². The summed E-state index contributed by atoms with van der Waals surface area (Å²) in [4.78, 5) is 0. The molecule has 1 N–H and O–H groups in total. The summed E-state index contributed by atoms with van der Waals surface area (Å²) >= 11 is 0. The molecular formula is C13H15F2NO. The van der Waals surface area contributed by atoms with Gasteiger partial charge in [0.15, 0.2) is 5.82 Å². The molecule has 17 heavy (non-hydrogen) atoms. The monoisotopic (exact) mass is 239 g/mol. The molecule has 0 saturated heterocycles. The summed E-state index contributed by atoms with van der Waals surface area (Å²) in [6.07, 6.45) is 1.46. The first-order valence-electron chi connectivity index (χ1n) is 5.71. The molecule has 2 nitrogen and oxygen atoms in total. The molecule has 4 heteroatoms. The minimum atomic E-state index is -0.643. The zero-order chi connectivity index (χ0) is 12.4. The smallest absolute Gasteiger partial charge is 0.172 e. The van der Waals surface area contributed by atoms with Crippen LogP contribution in [0.2, 0.25) is 0 Å². The van der Waals surface area contributed by atoms with Gasteiger partial charge in [0.2, 0.25) is 0 Å². The molecule has 0 amide bonds. The van der Waals surface area contributed by atoms with Crippen LogP contribution in [-0.2, 0) is 6.42 Å². The number of likely N-dealkylation sites (N-methyl/N-ethyl adjacent to an activating group) is 1. The Morgan fingerprint density at radius 2 is 2.12 bits per heavy atom. The fraction of sp³-hybridized carbons (Fsp3) is 0.385. The zero-order valence-electron chi connectivity index (χ0n) is 9.89. The van der Waals surface area contributed by atoms with Gasteiger partial charge in [0, 0.05) is 6.04 Å². The van der Waals surface area contributed by atoms with Gasteiger partial charge in [-0.2, -0.15) is 0 Å². The number of hydrogen-bond acceptors (Lipinski definition) is 2. The van der Waals surface area contributed by atoms with Gasteiger partial charge in [0.25, 0.3) is 0 Å². The van der Waals surface area contributed by atoms with Crippen LogP contribution < -0.4 is 5.32 Å². The summed E-state index contributed by atoms with van der Waals surface area (Å²) in [5, 5.41) is 3.14. The first-order valence-corrected chi connectivity index (χ1v) is 5.71. The molecule has 1 aromatic carbocycles. The maximum atomic E-state index is 14.0. The van der Waals surface area contributed by atoms with Crippen LogP contribution in [-0.4, -0.2) is 12.6 Å². The summed E-state index contributed by atoms with van der Waals surface area (Å²) in [5.41, 5.74) is 0.756. The Labute approximate surface area is 98.6 Å². The first kappa shape index (κ1) is 12.0. The SMILES string of the molecule is CCNC(C)Cc1ccc2occ(F)c2c1F. The van der Waals surface area contributed by atoms with E-state index in [-0.39, 0.29) is 17.0 Å². The van der Waals surface area contributed by atoms with Crippen molar-refractivity contribution in [3.05, 3.63) is 35.6 Å². The molecule has 0 spiro atoms. The van der Waals surface area contributed by atoms with Crippen molar-refractivity contribution in [3.63, 3.8) is 0 Å². The van der Waals surface area contributed by atoms with Crippen molar-refractivity contribution in [2.24, 2.45) is 0 Å². The lowest BCUT2D eigenvalue weighted by atomic mass is 10.0. The largest absolute Gasteiger partial charge is 0.461 e. The number of rotatable bonds is 4. The molecule has 0 aliphatic heterocycles. The second kappa shape index (κ2) is 4.84. The third-order valence-electron chi connectivity index (χ3n) is 2.79. The first-order chi connectivity index (χ1) is 8.13. The third kappa shape index (κ3) is 2.31. The Bertz CT molecular complexity index is 521. The van der Waals surface area contributed by atoms with Gasteiger partial charge in [-0.15, -0.1) is 0 Å². The number of benzene rings is 1. The van der Waals surface area contributed by atoms with Gasteiger partial charge in [0.05, 0.1) is 5.39 Å². The minimum absolute atomic E-state index is 0.0498. The predicted octanol–water partition coefficient (Wildman–Crippen LogP) is 3.25. The maximum absolute atomic E-state index is 14.0. The van der Waals surface area contributed by atoms with Gasteiger partial charge in [-0.25, -0.2) is 8.78 Å². The lowest BCUT2D eigenvalue weighted by molar-refractivity contribution is 0.541. The number of halogens is 2. The van der Waals surface area contributed by atoms with E-state index in [9.17, 15) is 8.78 Å². The Morgan fingerprint density at radius 1 is 1.35 bits per heavy atom. The molecule has 0 aliphatic rings. The molecule has 1 unspecified atom stereocenters. The highest BCUT2D eigenvalue weighted by Crippen LogP contribution is 2.26. The Morgan fingerprint density at radius 3 is 2.82 bits per heavy atom. The van der Waals surface area contributed by atoms with Crippen LogP contribution in [0.5, 0.6) is 0 Å². The van der Waals surface area contributed by atoms with Crippen LogP contribution in [0.3, 0.4) is 0 Å². The molecular weight excluding hydrogens is 224 g/mol. The van der Waals surface area contributed by atoms with Gasteiger partial charge < -0.3 is 9.73 Å². The standard InChI is InChI=1S/C13H15F2NO/c1-3-16-8(2)6-9-4-5-11-12(13(9)15)10(14)7-17-11/h4-5,7-8,16H,3,6H2,1-2H3. The van der Waals surface area contributed by atoms with Crippen LogP contribution in [0.1, 0.15) is 19.4 Å². The summed E-state index contributed by atoms with van der Waals surface area (Å²) < 4.78 is 32.3. The van der Waals surface area contributed by atoms with Gasteiger partial charge in [0.1, 0.15) is 17.7 Å². The highest BCUT2D eigenvalue weighted by molar-refractivity contribution is 5.79. The van der Waals surface area contributed by atoms with E-state index in [4.69, 9.17) is 4.42 Å².